The van der Waals surface area contributed by atoms with Gasteiger partial charge < -0.3 is 25.7 Å². The van der Waals surface area contributed by atoms with E-state index in [9.17, 15) is 14.2 Å². The summed E-state index contributed by atoms with van der Waals surface area (Å²) < 4.78 is 17.3. The predicted octanol–water partition coefficient (Wildman–Crippen LogP) is 0.931. The second kappa shape index (κ2) is 10.2. The van der Waals surface area contributed by atoms with Crippen LogP contribution in [0.15, 0.2) is 30.3 Å². The fraction of sp³-hybridized carbons (Fsp3) is 0.500. The highest BCUT2D eigenvalue weighted by Crippen LogP contribution is 2.29. The molecule has 1 aromatic rings. The van der Waals surface area contributed by atoms with Gasteiger partial charge in [0.1, 0.15) is 20.2 Å². The largest absolute Gasteiger partial charge is 0.445 e. The van der Waals surface area contributed by atoms with Crippen molar-refractivity contribution in [3.63, 3.8) is 0 Å². The molecule has 9 heteroatoms. The summed E-state index contributed by atoms with van der Waals surface area (Å²) in [6.07, 6.45) is 0.711. The van der Waals surface area contributed by atoms with E-state index in [0.29, 0.717) is 19.4 Å². The Morgan fingerprint density at radius 3 is 2.88 bits per heavy atom. The van der Waals surface area contributed by atoms with Crippen molar-refractivity contribution in [3.8, 4) is 0 Å². The van der Waals surface area contributed by atoms with Crippen molar-refractivity contribution in [2.24, 2.45) is 5.73 Å². The number of nitrogens with one attached hydrogen (secondary N) is 3. The lowest BCUT2D eigenvalue weighted by molar-refractivity contribution is -0.121. The molecule has 3 atom stereocenters. The molecule has 1 aliphatic heterocycles. The number of rotatable bonds is 8. The average molecular weight is 368 g/mol. The third-order valence-corrected chi connectivity index (χ3v) is 5.71. The minimum absolute atomic E-state index is 0.183. The molecule has 0 radical (unpaired) electrons. The SMILES string of the molecule is NC(CCNC(=O)OCc1ccccc1)N[PH](=O)[C@H]1CCCNC1=O. The molecule has 5 N–H and O–H groups in total. The zero-order chi connectivity index (χ0) is 18.1. The number of alkyl carbamates (subject to hydrolysis) is 1. The lowest BCUT2D eigenvalue weighted by atomic mass is 10.1. The Labute approximate surface area is 147 Å². The predicted molar refractivity (Wildman–Crippen MR) is 95.4 cm³/mol. The maximum Gasteiger partial charge on any atom is 0.407 e. The van der Waals surface area contributed by atoms with Gasteiger partial charge in [-0.3, -0.25) is 9.88 Å². The second-order valence-electron chi connectivity index (χ2n) is 5.88. The minimum Gasteiger partial charge on any atom is -0.445 e. The van der Waals surface area contributed by atoms with E-state index in [1.54, 1.807) is 0 Å². The molecule has 0 aliphatic carbocycles. The van der Waals surface area contributed by atoms with Gasteiger partial charge in [-0.25, -0.2) is 4.79 Å². The Hall–Kier alpha value is -1.89. The number of carbonyl (C=O) groups excluding carboxylic acids is 2. The number of nitrogens with two attached hydrogens (primary N) is 1. The Balaban J connectivity index is 1.61. The molecule has 25 heavy (non-hydrogen) atoms. The number of carbonyl (C=O) groups is 2. The van der Waals surface area contributed by atoms with Gasteiger partial charge in [0.05, 0.1) is 6.17 Å². The number of piperidine rings is 1. The molecule has 2 amide bonds. The fourth-order valence-corrected chi connectivity index (χ4v) is 4.00. The van der Waals surface area contributed by atoms with Crippen LogP contribution in [0.3, 0.4) is 0 Å². The highest BCUT2D eigenvalue weighted by molar-refractivity contribution is 7.44. The fourth-order valence-electron chi connectivity index (χ4n) is 2.48. The third-order valence-electron chi connectivity index (χ3n) is 3.87. The van der Waals surface area contributed by atoms with E-state index >= 15 is 0 Å². The molecule has 8 nitrogen and oxygen atoms in total. The van der Waals surface area contributed by atoms with Crippen LogP contribution in [-0.2, 0) is 20.7 Å². The Bertz CT molecular complexity index is 599. The molecular weight excluding hydrogens is 343 g/mol. The van der Waals surface area contributed by atoms with Crippen LogP contribution >= 0.6 is 7.95 Å². The first-order valence-electron chi connectivity index (χ1n) is 8.34. The van der Waals surface area contributed by atoms with E-state index in [1.165, 1.54) is 0 Å². The lowest BCUT2D eigenvalue weighted by Gasteiger charge is -2.23. The molecule has 2 unspecified atom stereocenters. The minimum atomic E-state index is -2.31. The van der Waals surface area contributed by atoms with Gasteiger partial charge in [0.25, 0.3) is 0 Å². The number of hydrogen-bond acceptors (Lipinski definition) is 5. The van der Waals surface area contributed by atoms with Crippen molar-refractivity contribution in [1.29, 1.82) is 0 Å². The molecule has 1 saturated heterocycles. The molecule has 0 aromatic heterocycles. The monoisotopic (exact) mass is 368 g/mol. The molecule has 1 aromatic carbocycles. The highest BCUT2D eigenvalue weighted by Gasteiger charge is 2.28. The zero-order valence-corrected chi connectivity index (χ0v) is 15.0. The summed E-state index contributed by atoms with van der Waals surface area (Å²) in [6, 6.07) is 9.37. The van der Waals surface area contributed by atoms with Crippen LogP contribution in [0.5, 0.6) is 0 Å². The summed E-state index contributed by atoms with van der Waals surface area (Å²) in [5, 5.41) is 8.08. The van der Waals surface area contributed by atoms with Crippen LogP contribution in [0.1, 0.15) is 24.8 Å². The molecule has 0 saturated carbocycles. The van der Waals surface area contributed by atoms with Crippen molar-refractivity contribution in [3.05, 3.63) is 35.9 Å². The first kappa shape index (κ1) is 19.4. The Morgan fingerprint density at radius 1 is 1.40 bits per heavy atom. The first-order chi connectivity index (χ1) is 12.1. The smallest absolute Gasteiger partial charge is 0.407 e. The number of benzene rings is 1. The van der Waals surface area contributed by atoms with Crippen molar-refractivity contribution >= 4 is 20.0 Å². The van der Waals surface area contributed by atoms with Crippen LogP contribution < -0.4 is 21.5 Å². The van der Waals surface area contributed by atoms with Crippen molar-refractivity contribution < 1.29 is 18.9 Å². The molecule has 1 aliphatic rings. The quantitative estimate of drug-likeness (QED) is 0.400. The van der Waals surface area contributed by atoms with E-state index in [4.69, 9.17) is 10.5 Å². The Kier molecular flexibility index (Phi) is 7.91. The van der Waals surface area contributed by atoms with E-state index in [0.717, 1.165) is 12.0 Å². The number of amides is 2. The van der Waals surface area contributed by atoms with Crippen LogP contribution in [0.2, 0.25) is 0 Å². The molecule has 138 valence electrons. The van der Waals surface area contributed by atoms with Crippen LogP contribution in [0, 0.1) is 0 Å². The first-order valence-corrected chi connectivity index (χ1v) is 9.83. The summed E-state index contributed by atoms with van der Waals surface area (Å²) >= 11 is 0. The molecular formula is C16H25N4O4P. The summed E-state index contributed by atoms with van der Waals surface area (Å²) in [7, 11) is -2.31. The zero-order valence-electron chi connectivity index (χ0n) is 14.0. The van der Waals surface area contributed by atoms with Gasteiger partial charge in [0.15, 0.2) is 0 Å². The number of hydrogen-bond donors (Lipinski definition) is 4. The van der Waals surface area contributed by atoms with E-state index in [-0.39, 0.29) is 19.1 Å². The van der Waals surface area contributed by atoms with Gasteiger partial charge in [0.2, 0.25) is 5.91 Å². The maximum absolute atomic E-state index is 12.2. The molecule has 1 heterocycles. The van der Waals surface area contributed by atoms with Gasteiger partial charge in [-0.05, 0) is 24.8 Å². The molecule has 0 spiro atoms. The van der Waals surface area contributed by atoms with Crippen LogP contribution in [0.4, 0.5) is 4.79 Å². The molecule has 1 fully saturated rings. The van der Waals surface area contributed by atoms with E-state index < -0.39 is 25.9 Å². The topological polar surface area (TPSA) is 123 Å². The van der Waals surface area contributed by atoms with E-state index in [2.05, 4.69) is 15.7 Å². The molecule has 2 rings (SSSR count). The van der Waals surface area contributed by atoms with Gasteiger partial charge in [-0.15, -0.1) is 0 Å². The van der Waals surface area contributed by atoms with Crippen molar-refractivity contribution in [2.45, 2.75) is 37.7 Å². The van der Waals surface area contributed by atoms with Gasteiger partial charge in [-0.2, -0.15) is 0 Å². The highest BCUT2D eigenvalue weighted by atomic mass is 31.1. The maximum atomic E-state index is 12.2. The van der Waals surface area contributed by atoms with E-state index in [1.807, 2.05) is 30.3 Å². The van der Waals surface area contributed by atoms with Gasteiger partial charge >= 0.3 is 6.09 Å². The Morgan fingerprint density at radius 2 is 2.16 bits per heavy atom. The van der Waals surface area contributed by atoms with Gasteiger partial charge in [0, 0.05) is 13.1 Å². The second-order valence-corrected chi connectivity index (χ2v) is 7.59. The standard InChI is InChI=1S/C16H25N4O4P/c17-14(20-25(23)13-7-4-9-18-15(13)21)8-10-19-16(22)24-11-12-5-2-1-3-6-12/h1-3,5-6,13-14,25H,4,7-11,17H2,(H,18,21)(H,19,22)(H,20,23)/t13-,14?/m0/s1. The summed E-state index contributed by atoms with van der Waals surface area (Å²) in [4.78, 5) is 23.3. The van der Waals surface area contributed by atoms with Crippen molar-refractivity contribution in [1.82, 2.24) is 15.7 Å². The molecule has 0 bridgehead atoms. The summed E-state index contributed by atoms with van der Waals surface area (Å²) in [5.41, 5.74) is 6.27. The summed E-state index contributed by atoms with van der Waals surface area (Å²) in [6.45, 7) is 1.11. The third kappa shape index (κ3) is 6.86. The van der Waals surface area contributed by atoms with Gasteiger partial charge in [-0.1, -0.05) is 30.3 Å². The lowest BCUT2D eigenvalue weighted by Crippen LogP contribution is -2.43. The van der Waals surface area contributed by atoms with Crippen LogP contribution in [-0.4, -0.2) is 36.9 Å². The number of ether oxygens (including phenoxy) is 1. The average Bonchev–Trinajstić information content (AvgIpc) is 2.61. The van der Waals surface area contributed by atoms with Crippen LogP contribution in [0.25, 0.3) is 0 Å². The summed E-state index contributed by atoms with van der Waals surface area (Å²) in [5.74, 6) is -0.183. The van der Waals surface area contributed by atoms with Crippen molar-refractivity contribution in [2.75, 3.05) is 13.1 Å². The normalized spacial score (nSPS) is 19.6.